The van der Waals surface area contributed by atoms with E-state index in [2.05, 4.69) is 13.2 Å². The van der Waals surface area contributed by atoms with Crippen molar-refractivity contribution in [1.29, 1.82) is 0 Å². The van der Waals surface area contributed by atoms with Gasteiger partial charge in [-0.05, 0) is 6.08 Å². The molecule has 72 valence electrons. The van der Waals surface area contributed by atoms with Crippen LogP contribution in [0.15, 0.2) is 35.9 Å². The third-order valence-electron chi connectivity index (χ3n) is 1.11. The van der Waals surface area contributed by atoms with Gasteiger partial charge in [-0.2, -0.15) is 8.42 Å². The van der Waals surface area contributed by atoms with E-state index in [1.807, 2.05) is 0 Å². The molecule has 0 saturated heterocycles. The van der Waals surface area contributed by atoms with E-state index in [-0.39, 0.29) is 0 Å². The van der Waals surface area contributed by atoms with Gasteiger partial charge in [-0.3, -0.25) is 14.7 Å². The molecule has 0 aliphatic rings. The van der Waals surface area contributed by atoms with E-state index in [9.17, 15) is 18.5 Å². The Morgan fingerprint density at radius 1 is 1.38 bits per heavy atom. The van der Waals surface area contributed by atoms with Crippen molar-refractivity contribution in [2.24, 2.45) is 0 Å². The summed E-state index contributed by atoms with van der Waals surface area (Å²) in [6, 6.07) is 0. The fourth-order valence-corrected chi connectivity index (χ4v) is 1.24. The van der Waals surface area contributed by atoms with Gasteiger partial charge in [-0.1, -0.05) is 13.2 Å². The van der Waals surface area contributed by atoms with Gasteiger partial charge in [-0.15, -0.1) is 0 Å². The van der Waals surface area contributed by atoms with Gasteiger partial charge in [0.25, 0.3) is 5.70 Å². The lowest BCUT2D eigenvalue weighted by Crippen LogP contribution is -2.07. The van der Waals surface area contributed by atoms with Gasteiger partial charge < -0.3 is 0 Å². The predicted molar refractivity (Wildman–Crippen MR) is 46.0 cm³/mol. The van der Waals surface area contributed by atoms with Gasteiger partial charge in [0.1, 0.15) is 0 Å². The smallest absolute Gasteiger partial charge is 0.282 e. The Labute approximate surface area is 74.8 Å². The zero-order valence-corrected chi connectivity index (χ0v) is 7.32. The summed E-state index contributed by atoms with van der Waals surface area (Å²) in [5.74, 6) is 0. The molecule has 0 spiro atoms. The average molecular weight is 205 g/mol. The second-order valence-corrected chi connectivity index (χ2v) is 3.28. The maximum Gasteiger partial charge on any atom is 0.301 e. The molecule has 0 saturated carbocycles. The van der Waals surface area contributed by atoms with Gasteiger partial charge in [-0.25, -0.2) is 0 Å². The summed E-state index contributed by atoms with van der Waals surface area (Å²) in [5.41, 5.74) is -0.808. The first-order valence-corrected chi connectivity index (χ1v) is 4.39. The molecule has 0 aliphatic carbocycles. The van der Waals surface area contributed by atoms with Crippen molar-refractivity contribution in [3.05, 3.63) is 46.0 Å². The Balaban J connectivity index is 5.74. The number of nitro groups is 1. The van der Waals surface area contributed by atoms with Crippen LogP contribution in [0, 0.1) is 10.1 Å². The molecule has 0 radical (unpaired) electrons. The van der Waals surface area contributed by atoms with Crippen molar-refractivity contribution < 1.29 is 17.9 Å². The zero-order valence-electron chi connectivity index (χ0n) is 6.50. The highest BCUT2D eigenvalue weighted by Gasteiger charge is 2.22. The number of allylic oxidation sites excluding steroid dienone is 2. The van der Waals surface area contributed by atoms with Crippen LogP contribution in [0.3, 0.4) is 0 Å². The van der Waals surface area contributed by atoms with Gasteiger partial charge in [0.05, 0.1) is 4.92 Å². The van der Waals surface area contributed by atoms with Gasteiger partial charge in [0, 0.05) is 6.08 Å². The van der Waals surface area contributed by atoms with Crippen molar-refractivity contribution in [3.63, 3.8) is 0 Å². The average Bonchev–Trinajstić information content (AvgIpc) is 1.96. The summed E-state index contributed by atoms with van der Waals surface area (Å²) >= 11 is 0. The monoisotopic (exact) mass is 205 g/mol. The highest BCUT2D eigenvalue weighted by molar-refractivity contribution is 7.90. The first-order valence-electron chi connectivity index (χ1n) is 2.95. The standard InChI is InChI=1S/C6H7NO5S/c1-3-5(7(8)9)6(4-2)13(10,11)12/h3-4H,1-2H2,(H,10,11,12)/b6-5-. The molecular formula is C6H7NO5S. The second-order valence-electron chi connectivity index (χ2n) is 1.89. The van der Waals surface area contributed by atoms with Crippen LogP contribution < -0.4 is 0 Å². The Hall–Kier alpha value is -1.47. The number of nitrogens with zero attached hydrogens (tertiary/aromatic N) is 1. The minimum absolute atomic E-state index is 0.676. The molecule has 0 aromatic heterocycles. The molecule has 0 heterocycles. The Morgan fingerprint density at radius 3 is 1.92 bits per heavy atom. The van der Waals surface area contributed by atoms with Gasteiger partial charge in [0.15, 0.2) is 4.91 Å². The maximum absolute atomic E-state index is 10.5. The quantitative estimate of drug-likeness (QED) is 0.316. The van der Waals surface area contributed by atoms with E-state index in [0.717, 1.165) is 0 Å². The van der Waals surface area contributed by atoms with E-state index >= 15 is 0 Å². The molecule has 1 N–H and O–H groups in total. The largest absolute Gasteiger partial charge is 0.301 e. The molecule has 7 heteroatoms. The Morgan fingerprint density at radius 2 is 1.85 bits per heavy atom. The van der Waals surface area contributed by atoms with E-state index < -0.39 is 25.6 Å². The number of hydrogen-bond donors (Lipinski definition) is 1. The van der Waals surface area contributed by atoms with Crippen LogP contribution in [-0.2, 0) is 10.1 Å². The van der Waals surface area contributed by atoms with Crippen LogP contribution in [-0.4, -0.2) is 17.9 Å². The second kappa shape index (κ2) is 3.97. The first kappa shape index (κ1) is 11.5. The summed E-state index contributed by atoms with van der Waals surface area (Å²) in [5, 5.41) is 10.2. The van der Waals surface area contributed by atoms with E-state index in [1.165, 1.54) is 0 Å². The van der Waals surface area contributed by atoms with Crippen LogP contribution in [0.2, 0.25) is 0 Å². The van der Waals surface area contributed by atoms with Crippen LogP contribution in [0.5, 0.6) is 0 Å². The normalized spacial score (nSPS) is 13.0. The van der Waals surface area contributed by atoms with Gasteiger partial charge >= 0.3 is 10.1 Å². The molecule has 0 amide bonds. The summed E-state index contributed by atoms with van der Waals surface area (Å²) in [4.78, 5) is 8.39. The molecule has 0 fully saturated rings. The van der Waals surface area contributed by atoms with Crippen molar-refractivity contribution >= 4 is 10.1 Å². The molecule has 0 unspecified atom stereocenters. The first-order chi connectivity index (χ1) is 5.84. The van der Waals surface area contributed by atoms with E-state index in [1.54, 1.807) is 0 Å². The third kappa shape index (κ3) is 2.80. The molecule has 0 aromatic carbocycles. The minimum atomic E-state index is -4.62. The highest BCUT2D eigenvalue weighted by atomic mass is 32.2. The highest BCUT2D eigenvalue weighted by Crippen LogP contribution is 2.13. The molecule has 0 aliphatic heterocycles. The predicted octanol–water partition coefficient (Wildman–Crippen LogP) is 0.734. The fourth-order valence-electron chi connectivity index (χ4n) is 0.607. The summed E-state index contributed by atoms with van der Waals surface area (Å²) in [6.07, 6.45) is 1.39. The van der Waals surface area contributed by atoms with Crippen LogP contribution in [0.25, 0.3) is 0 Å². The molecule has 0 bridgehead atoms. The maximum atomic E-state index is 10.5. The molecular weight excluding hydrogens is 198 g/mol. The van der Waals surface area contributed by atoms with Gasteiger partial charge in [0.2, 0.25) is 0 Å². The molecule has 0 rings (SSSR count). The number of rotatable bonds is 4. The SMILES string of the molecule is C=C/C(=C(\C=C)S(=O)(=O)O)[N+](=O)[O-]. The van der Waals surface area contributed by atoms with Crippen LogP contribution in [0.1, 0.15) is 0 Å². The van der Waals surface area contributed by atoms with Crippen LogP contribution >= 0.6 is 0 Å². The molecule has 0 atom stereocenters. The van der Waals surface area contributed by atoms with Crippen LogP contribution in [0.4, 0.5) is 0 Å². The fraction of sp³-hybridized carbons (Fsp3) is 0. The summed E-state index contributed by atoms with van der Waals surface area (Å²) < 4.78 is 29.6. The van der Waals surface area contributed by atoms with Crippen molar-refractivity contribution in [1.82, 2.24) is 0 Å². The van der Waals surface area contributed by atoms with Crippen molar-refractivity contribution in [2.45, 2.75) is 0 Å². The lowest BCUT2D eigenvalue weighted by Gasteiger charge is -1.96. The van der Waals surface area contributed by atoms with Crippen molar-refractivity contribution in [3.8, 4) is 0 Å². The van der Waals surface area contributed by atoms with Crippen molar-refractivity contribution in [2.75, 3.05) is 0 Å². The third-order valence-corrected chi connectivity index (χ3v) is 2.04. The lowest BCUT2D eigenvalue weighted by atomic mass is 10.4. The topological polar surface area (TPSA) is 97.5 Å². The molecule has 6 nitrogen and oxygen atoms in total. The Kier molecular flexibility index (Phi) is 3.52. The van der Waals surface area contributed by atoms with E-state index in [4.69, 9.17) is 4.55 Å². The molecule has 0 aromatic rings. The Bertz CT molecular complexity index is 378. The molecule has 13 heavy (non-hydrogen) atoms. The zero-order chi connectivity index (χ0) is 10.6. The number of hydrogen-bond acceptors (Lipinski definition) is 4. The summed E-state index contributed by atoms with van der Waals surface area (Å²) in [7, 11) is -4.62. The lowest BCUT2D eigenvalue weighted by molar-refractivity contribution is -0.419. The van der Waals surface area contributed by atoms with E-state index in [0.29, 0.717) is 12.2 Å². The summed E-state index contributed by atoms with van der Waals surface area (Å²) in [6.45, 7) is 6.07. The minimum Gasteiger partial charge on any atom is -0.282 e.